The van der Waals surface area contributed by atoms with E-state index in [1.807, 2.05) is 43.3 Å². The summed E-state index contributed by atoms with van der Waals surface area (Å²) >= 11 is 0. The quantitative estimate of drug-likeness (QED) is 0.0380. The van der Waals surface area contributed by atoms with E-state index in [9.17, 15) is 57.5 Å². The molecule has 24 heteroatoms. The van der Waals surface area contributed by atoms with Gasteiger partial charge in [-0.1, -0.05) is 24.3 Å². The van der Waals surface area contributed by atoms with Gasteiger partial charge in [-0.2, -0.15) is 4.57 Å². The molecule has 0 atom stereocenters. The maximum Gasteiger partial charge on any atom is 0.338 e. The zero-order valence-electron chi connectivity index (χ0n) is 32.7. The zero-order chi connectivity index (χ0) is 49.7. The molecule has 0 aliphatic rings. The highest BCUT2D eigenvalue weighted by atomic mass is 19.2. The average molecular weight is 971 g/mol. The largest absolute Gasteiger partial charge is 0.462 e. The smallest absolute Gasteiger partial charge is 0.338 e. The fourth-order valence-corrected chi connectivity index (χ4v) is 7.39. The minimum absolute atomic E-state index is 0.271. The van der Waals surface area contributed by atoms with Crippen LogP contribution in [0.1, 0.15) is 22.8 Å². The van der Waals surface area contributed by atoms with E-state index >= 15 is 35.1 Å². The lowest BCUT2D eigenvalue weighted by atomic mass is 9.12. The lowest BCUT2D eigenvalue weighted by molar-refractivity contribution is -0.662. The lowest BCUT2D eigenvalue weighted by Gasteiger charge is -2.44. The van der Waals surface area contributed by atoms with Gasteiger partial charge in [0.25, 0.3) is 0 Å². The first-order valence-electron chi connectivity index (χ1n) is 18.3. The average Bonchev–Trinajstić information content (AvgIpc) is 3.32. The van der Waals surface area contributed by atoms with E-state index in [-0.39, 0.29) is 5.97 Å². The van der Waals surface area contributed by atoms with Crippen molar-refractivity contribution in [3.8, 4) is 0 Å². The third-order valence-corrected chi connectivity index (χ3v) is 10.3. The first kappa shape index (κ1) is 49.3. The summed E-state index contributed by atoms with van der Waals surface area (Å²) in [6.07, 6.45) is -5.15. The number of para-hydroxylation sites is 1. The predicted octanol–water partition coefficient (Wildman–Crippen LogP) is 9.20. The fraction of sp³-hybridized carbons (Fsp3) is 0.0698. The summed E-state index contributed by atoms with van der Waals surface area (Å²) in [5.74, 6) is -71.7. The van der Waals surface area contributed by atoms with Gasteiger partial charge in [0.15, 0.2) is 82.5 Å². The molecule has 6 aromatic carbocycles. The molecule has 0 saturated heterocycles. The molecule has 350 valence electrons. The molecule has 1 heterocycles. The van der Waals surface area contributed by atoms with E-state index in [1.54, 1.807) is 0 Å². The molecule has 7 rings (SSSR count). The molecule has 0 unspecified atom stereocenters. The highest BCUT2D eigenvalue weighted by molar-refractivity contribution is 7.20. The molecule has 1 aromatic heterocycles. The Morgan fingerprint density at radius 1 is 0.418 bits per heavy atom. The van der Waals surface area contributed by atoms with Gasteiger partial charge in [-0.25, -0.2) is 92.6 Å². The van der Waals surface area contributed by atoms with Gasteiger partial charge in [-0.05, 0) is 31.2 Å². The Morgan fingerprint density at radius 2 is 0.716 bits per heavy atom. The minimum Gasteiger partial charge on any atom is -0.462 e. The summed E-state index contributed by atoms with van der Waals surface area (Å²) in [6, 6.07) is 20.0. The number of aromatic nitrogens is 1. The molecule has 7 aromatic rings. The summed E-state index contributed by atoms with van der Waals surface area (Å²) in [5.41, 5.74) is -11.4. The standard InChI is InChI=1S/C24BF20.C19H18NO2/c26-5-1(6(27)14(35)21(42)13(5)34)25(2-7(28)15(36)22(43)16(37)8(2)29,3-9(30)17(38)23(44)18(39)10(3)31)4-11(32)19(40)24(45)20(41)12(4)33;1-2-22-19(21)17-11-9-15(10-12-17)14-20-13-5-7-16-6-3-4-8-18(16)20/h;3-13H,2,14H2,1H3/q-1;+1. The summed E-state index contributed by atoms with van der Waals surface area (Å²) < 4.78 is 301. The van der Waals surface area contributed by atoms with Crippen molar-refractivity contribution in [2.75, 3.05) is 6.61 Å². The van der Waals surface area contributed by atoms with E-state index in [2.05, 4.69) is 35.0 Å². The predicted molar refractivity (Wildman–Crippen MR) is 195 cm³/mol. The van der Waals surface area contributed by atoms with Crippen molar-refractivity contribution in [3.05, 3.63) is 194 Å². The Bertz CT molecular complexity index is 2760. The van der Waals surface area contributed by atoms with Crippen molar-refractivity contribution < 1.29 is 102 Å². The van der Waals surface area contributed by atoms with Crippen molar-refractivity contribution >= 4 is 44.9 Å². The SMILES string of the molecule is CCOC(=O)c1ccc(C[n+]2cccc3ccccc32)cc1.Fc1c(F)c(F)c([B-](c2c(F)c(F)c(F)c(F)c2F)(c2c(F)c(F)c(F)c(F)c2F)c2c(F)c(F)c(F)c(F)c2F)c(F)c1F. The second-order valence-electron chi connectivity index (χ2n) is 13.9. The molecule has 67 heavy (non-hydrogen) atoms. The van der Waals surface area contributed by atoms with Crippen LogP contribution >= 0.6 is 0 Å². The Labute approximate surface area is 361 Å². The van der Waals surface area contributed by atoms with E-state index in [0.29, 0.717) is 12.2 Å². The second-order valence-corrected chi connectivity index (χ2v) is 13.9. The van der Waals surface area contributed by atoms with Crippen LogP contribution in [0.2, 0.25) is 0 Å². The number of benzene rings is 6. The Balaban J connectivity index is 0.000000279. The van der Waals surface area contributed by atoms with Gasteiger partial charge < -0.3 is 4.74 Å². The molecule has 0 bridgehead atoms. The molecule has 0 fully saturated rings. The third kappa shape index (κ3) is 7.94. The van der Waals surface area contributed by atoms with Crippen LogP contribution in [0.5, 0.6) is 0 Å². The van der Waals surface area contributed by atoms with Crippen molar-refractivity contribution in [2.45, 2.75) is 13.5 Å². The summed E-state index contributed by atoms with van der Waals surface area (Å²) in [6.45, 7) is 2.97. The van der Waals surface area contributed by atoms with Crippen molar-refractivity contribution in [1.82, 2.24) is 0 Å². The molecule has 0 radical (unpaired) electrons. The number of rotatable bonds is 8. The number of hydrogen-bond donors (Lipinski definition) is 0. The van der Waals surface area contributed by atoms with Gasteiger partial charge in [0, 0.05) is 23.1 Å². The molecule has 0 saturated carbocycles. The van der Waals surface area contributed by atoms with E-state index in [0.717, 1.165) is 12.1 Å². The Morgan fingerprint density at radius 3 is 1.04 bits per heavy atom. The van der Waals surface area contributed by atoms with Gasteiger partial charge in [0.1, 0.15) is 52.7 Å². The molecule has 0 amide bonds. The first-order valence-corrected chi connectivity index (χ1v) is 18.3. The summed E-state index contributed by atoms with van der Waals surface area (Å²) in [5, 5.41) is 1.22. The van der Waals surface area contributed by atoms with Crippen LogP contribution in [0.25, 0.3) is 10.9 Å². The van der Waals surface area contributed by atoms with E-state index < -0.39 is 144 Å². The highest BCUT2D eigenvalue weighted by Gasteiger charge is 2.52. The number of pyridine rings is 1. The Kier molecular flexibility index (Phi) is 13.7. The van der Waals surface area contributed by atoms with Gasteiger partial charge >= 0.3 is 5.97 Å². The third-order valence-electron chi connectivity index (χ3n) is 10.3. The molecule has 0 spiro atoms. The number of nitrogens with zero attached hydrogens (tertiary/aromatic N) is 1. The van der Waals surface area contributed by atoms with Gasteiger partial charge in [0.2, 0.25) is 5.52 Å². The molecule has 0 aliphatic carbocycles. The van der Waals surface area contributed by atoms with E-state index in [4.69, 9.17) is 4.74 Å². The Hall–Kier alpha value is -7.14. The van der Waals surface area contributed by atoms with Crippen molar-refractivity contribution in [2.24, 2.45) is 0 Å². The van der Waals surface area contributed by atoms with Crippen LogP contribution in [0.15, 0.2) is 66.9 Å². The fourth-order valence-electron chi connectivity index (χ4n) is 7.39. The first-order chi connectivity index (χ1) is 31.5. The van der Waals surface area contributed by atoms with Crippen LogP contribution in [0, 0.1) is 116 Å². The zero-order valence-corrected chi connectivity index (χ0v) is 32.7. The molecular formula is C43H18BF20NO2. The van der Waals surface area contributed by atoms with Crippen LogP contribution < -0.4 is 26.4 Å². The summed E-state index contributed by atoms with van der Waals surface area (Å²) in [7, 11) is 0. The topological polar surface area (TPSA) is 30.2 Å². The number of carbonyl (C=O) groups excluding carboxylic acids is 1. The van der Waals surface area contributed by atoms with Gasteiger partial charge in [-0.3, -0.25) is 0 Å². The number of ether oxygens (including phenoxy) is 1. The molecular weight excluding hydrogens is 953 g/mol. The van der Waals surface area contributed by atoms with Crippen molar-refractivity contribution in [3.63, 3.8) is 0 Å². The minimum atomic E-state index is -7.22. The number of fused-ring (bicyclic) bond motifs is 1. The molecule has 0 N–H and O–H groups in total. The number of carbonyl (C=O) groups is 1. The van der Waals surface area contributed by atoms with E-state index in [1.165, 1.54) is 10.9 Å². The second kappa shape index (κ2) is 18.6. The van der Waals surface area contributed by atoms with Crippen LogP contribution in [-0.2, 0) is 11.3 Å². The maximum atomic E-state index is 15.4. The number of halogens is 20. The van der Waals surface area contributed by atoms with Crippen molar-refractivity contribution in [1.29, 1.82) is 0 Å². The molecule has 3 nitrogen and oxygen atoms in total. The number of esters is 1. The summed E-state index contributed by atoms with van der Waals surface area (Å²) in [4.78, 5) is 11.7. The number of hydrogen-bond acceptors (Lipinski definition) is 2. The maximum absolute atomic E-state index is 15.4. The normalized spacial score (nSPS) is 11.5. The van der Waals surface area contributed by atoms with Gasteiger partial charge in [-0.15, -0.1) is 21.9 Å². The molecule has 0 aliphatic heterocycles. The lowest BCUT2D eigenvalue weighted by Crippen LogP contribution is -2.81. The highest BCUT2D eigenvalue weighted by Crippen LogP contribution is 2.31. The van der Waals surface area contributed by atoms with Crippen LogP contribution in [0.3, 0.4) is 0 Å². The van der Waals surface area contributed by atoms with Crippen LogP contribution in [0.4, 0.5) is 87.8 Å². The van der Waals surface area contributed by atoms with Gasteiger partial charge in [0.05, 0.1) is 12.2 Å². The monoisotopic (exact) mass is 971 g/mol. The van der Waals surface area contributed by atoms with Crippen LogP contribution in [-0.4, -0.2) is 18.7 Å².